The lowest BCUT2D eigenvalue weighted by molar-refractivity contribution is -0.133. The average molecular weight is 285 g/mol. The van der Waals surface area contributed by atoms with E-state index in [1.54, 1.807) is 0 Å². The minimum atomic E-state index is -0.829. The molecule has 0 spiro atoms. The predicted octanol–water partition coefficient (Wildman–Crippen LogP) is 1.78. The number of rotatable bonds is 8. The molecule has 0 radical (unpaired) electrons. The summed E-state index contributed by atoms with van der Waals surface area (Å²) in [4.78, 5) is 9.32. The quantitative estimate of drug-likeness (QED) is 0.469. The van der Waals surface area contributed by atoms with Gasteiger partial charge >= 0.3 is 5.97 Å². The van der Waals surface area contributed by atoms with Crippen LogP contribution in [0.1, 0.15) is 38.5 Å². The van der Waals surface area contributed by atoms with Crippen LogP contribution >= 0.6 is 15.9 Å². The van der Waals surface area contributed by atoms with Gasteiger partial charge in [-0.05, 0) is 12.8 Å². The number of hydrogen-bond donors (Lipinski definition) is 3. The Labute approximate surface area is 99.4 Å². The average Bonchev–Trinajstić information content (AvgIpc) is 2.24. The zero-order chi connectivity index (χ0) is 11.9. The molecule has 0 unspecified atom stereocenters. The Balaban J connectivity index is 0. The SMILES string of the molecule is O=C(O)CBr.OCCCCCCCCO. The van der Waals surface area contributed by atoms with Gasteiger partial charge in [0.15, 0.2) is 0 Å². The number of hydrogen-bond acceptors (Lipinski definition) is 3. The maximum atomic E-state index is 9.32. The van der Waals surface area contributed by atoms with Crippen LogP contribution in [0.15, 0.2) is 0 Å². The molecule has 0 aromatic carbocycles. The van der Waals surface area contributed by atoms with Crippen molar-refractivity contribution in [3.8, 4) is 0 Å². The summed E-state index contributed by atoms with van der Waals surface area (Å²) < 4.78 is 0. The van der Waals surface area contributed by atoms with Crippen LogP contribution in [0.3, 0.4) is 0 Å². The Kier molecular flexibility index (Phi) is 18.8. The molecule has 0 heterocycles. The molecule has 15 heavy (non-hydrogen) atoms. The molecule has 0 aliphatic heterocycles. The van der Waals surface area contributed by atoms with Crippen LogP contribution in [-0.2, 0) is 4.79 Å². The van der Waals surface area contributed by atoms with Crippen LogP contribution in [0.2, 0.25) is 0 Å². The molecule has 0 fully saturated rings. The van der Waals surface area contributed by atoms with E-state index in [4.69, 9.17) is 15.3 Å². The Morgan fingerprint density at radius 2 is 1.13 bits per heavy atom. The van der Waals surface area contributed by atoms with Gasteiger partial charge in [0.1, 0.15) is 5.33 Å². The van der Waals surface area contributed by atoms with Gasteiger partial charge in [-0.2, -0.15) is 0 Å². The molecule has 0 saturated carbocycles. The summed E-state index contributed by atoms with van der Waals surface area (Å²) in [6, 6.07) is 0. The predicted molar refractivity (Wildman–Crippen MR) is 63.3 cm³/mol. The van der Waals surface area contributed by atoms with Crippen LogP contribution in [-0.4, -0.2) is 39.8 Å². The summed E-state index contributed by atoms with van der Waals surface area (Å²) in [7, 11) is 0. The molecule has 0 aliphatic rings. The van der Waals surface area contributed by atoms with E-state index in [0.717, 1.165) is 25.7 Å². The van der Waals surface area contributed by atoms with E-state index in [1.165, 1.54) is 12.8 Å². The first-order chi connectivity index (χ1) is 7.18. The van der Waals surface area contributed by atoms with Crippen LogP contribution < -0.4 is 0 Å². The van der Waals surface area contributed by atoms with Crippen LogP contribution in [0.25, 0.3) is 0 Å². The van der Waals surface area contributed by atoms with Crippen molar-refractivity contribution >= 4 is 21.9 Å². The third-order valence-electron chi connectivity index (χ3n) is 1.68. The largest absolute Gasteiger partial charge is 0.481 e. The Morgan fingerprint density at radius 1 is 0.867 bits per heavy atom. The number of aliphatic hydroxyl groups excluding tert-OH is 2. The molecule has 5 heteroatoms. The molecule has 0 aromatic heterocycles. The first-order valence-electron chi connectivity index (χ1n) is 5.18. The van der Waals surface area contributed by atoms with Crippen molar-refractivity contribution in [3.05, 3.63) is 0 Å². The molecular weight excluding hydrogens is 264 g/mol. The van der Waals surface area contributed by atoms with Crippen molar-refractivity contribution in [3.63, 3.8) is 0 Å². The van der Waals surface area contributed by atoms with Crippen molar-refractivity contribution in [1.29, 1.82) is 0 Å². The normalized spacial score (nSPS) is 9.27. The molecule has 0 aromatic rings. The third kappa shape index (κ3) is 24.8. The van der Waals surface area contributed by atoms with Crippen molar-refractivity contribution in [2.75, 3.05) is 18.5 Å². The summed E-state index contributed by atoms with van der Waals surface area (Å²) in [6.45, 7) is 0.639. The fourth-order valence-corrected chi connectivity index (χ4v) is 0.931. The van der Waals surface area contributed by atoms with E-state index < -0.39 is 5.97 Å². The van der Waals surface area contributed by atoms with Gasteiger partial charge in [-0.1, -0.05) is 41.6 Å². The highest BCUT2D eigenvalue weighted by Crippen LogP contribution is 2.03. The number of alkyl halides is 1. The number of unbranched alkanes of at least 4 members (excludes halogenated alkanes) is 5. The fraction of sp³-hybridized carbons (Fsp3) is 0.900. The van der Waals surface area contributed by atoms with E-state index in [1.807, 2.05) is 0 Å². The van der Waals surface area contributed by atoms with Crippen molar-refractivity contribution in [1.82, 2.24) is 0 Å². The molecule has 0 rings (SSSR count). The van der Waals surface area contributed by atoms with Crippen molar-refractivity contribution in [2.24, 2.45) is 0 Å². The maximum Gasteiger partial charge on any atom is 0.314 e. The second-order valence-electron chi connectivity index (χ2n) is 3.10. The van der Waals surface area contributed by atoms with E-state index in [-0.39, 0.29) is 5.33 Å². The summed E-state index contributed by atoms with van der Waals surface area (Å²) in [5.74, 6) is -0.829. The first-order valence-corrected chi connectivity index (χ1v) is 6.30. The van der Waals surface area contributed by atoms with Crippen LogP contribution in [0.4, 0.5) is 0 Å². The molecule has 0 aliphatic carbocycles. The fourth-order valence-electron chi connectivity index (χ4n) is 0.931. The minimum Gasteiger partial charge on any atom is -0.481 e. The molecule has 0 amide bonds. The number of halogens is 1. The zero-order valence-electron chi connectivity index (χ0n) is 8.99. The summed E-state index contributed by atoms with van der Waals surface area (Å²) >= 11 is 2.71. The monoisotopic (exact) mass is 284 g/mol. The lowest BCUT2D eigenvalue weighted by Gasteiger charge is -1.97. The maximum absolute atomic E-state index is 9.32. The van der Waals surface area contributed by atoms with Gasteiger partial charge in [-0.25, -0.2) is 0 Å². The lowest BCUT2D eigenvalue weighted by Crippen LogP contribution is -1.92. The van der Waals surface area contributed by atoms with Gasteiger partial charge in [-0.15, -0.1) is 0 Å². The highest BCUT2D eigenvalue weighted by molar-refractivity contribution is 9.09. The van der Waals surface area contributed by atoms with Crippen LogP contribution in [0, 0.1) is 0 Å². The lowest BCUT2D eigenvalue weighted by atomic mass is 10.1. The van der Waals surface area contributed by atoms with E-state index in [0.29, 0.717) is 13.2 Å². The Hall–Kier alpha value is -0.130. The molecule has 3 N–H and O–H groups in total. The number of aliphatic carboxylic acids is 1. The summed E-state index contributed by atoms with van der Waals surface area (Å²) in [6.07, 6.45) is 6.50. The van der Waals surface area contributed by atoms with Crippen molar-refractivity contribution in [2.45, 2.75) is 38.5 Å². The number of carbonyl (C=O) groups is 1. The van der Waals surface area contributed by atoms with Crippen molar-refractivity contribution < 1.29 is 20.1 Å². The van der Waals surface area contributed by atoms with Crippen LogP contribution in [0.5, 0.6) is 0 Å². The Bertz CT molecular complexity index is 123. The first kappa shape index (κ1) is 17.3. The second-order valence-corrected chi connectivity index (χ2v) is 3.66. The molecule has 92 valence electrons. The molecule has 0 atom stereocenters. The van der Waals surface area contributed by atoms with E-state index >= 15 is 0 Å². The zero-order valence-corrected chi connectivity index (χ0v) is 10.6. The Morgan fingerprint density at radius 3 is 1.33 bits per heavy atom. The van der Waals surface area contributed by atoms with Gasteiger partial charge in [0.05, 0.1) is 0 Å². The highest BCUT2D eigenvalue weighted by Gasteiger charge is 1.88. The molecular formula is C10H21BrO4. The van der Waals surface area contributed by atoms with E-state index in [9.17, 15) is 4.79 Å². The highest BCUT2D eigenvalue weighted by atomic mass is 79.9. The van der Waals surface area contributed by atoms with E-state index in [2.05, 4.69) is 15.9 Å². The number of aliphatic hydroxyl groups is 2. The smallest absolute Gasteiger partial charge is 0.314 e. The van der Waals surface area contributed by atoms with Gasteiger partial charge in [0, 0.05) is 13.2 Å². The van der Waals surface area contributed by atoms with Gasteiger partial charge < -0.3 is 15.3 Å². The third-order valence-corrected chi connectivity index (χ3v) is 2.16. The summed E-state index contributed by atoms with van der Waals surface area (Å²) in [5.41, 5.74) is 0. The topological polar surface area (TPSA) is 77.8 Å². The standard InChI is InChI=1S/C8H18O2.C2H3BrO2/c9-7-5-3-1-2-4-6-8-10;3-1-2(4)5/h9-10H,1-8H2;1H2,(H,4,5). The summed E-state index contributed by atoms with van der Waals surface area (Å²) in [5, 5.41) is 24.6. The van der Waals surface area contributed by atoms with Gasteiger partial charge in [0.25, 0.3) is 0 Å². The van der Waals surface area contributed by atoms with Gasteiger partial charge in [-0.3, -0.25) is 4.79 Å². The van der Waals surface area contributed by atoms with Gasteiger partial charge in [0.2, 0.25) is 0 Å². The molecule has 0 bridgehead atoms. The molecule has 4 nitrogen and oxygen atoms in total. The molecule has 0 saturated heterocycles. The second kappa shape index (κ2) is 16.3. The number of carboxylic acid groups (broad SMARTS) is 1. The number of carboxylic acids is 1. The minimum absolute atomic E-state index is 0.0347.